The summed E-state index contributed by atoms with van der Waals surface area (Å²) in [5.41, 5.74) is 0.748. The molecule has 1 aromatic carbocycles. The average Bonchev–Trinajstić information content (AvgIpc) is 2.86. The van der Waals surface area contributed by atoms with Crippen molar-refractivity contribution in [3.05, 3.63) is 33.4 Å². The van der Waals surface area contributed by atoms with Crippen LogP contribution in [0.25, 0.3) is 0 Å². The van der Waals surface area contributed by atoms with Gasteiger partial charge in [0.25, 0.3) is 5.69 Å². The van der Waals surface area contributed by atoms with Gasteiger partial charge < -0.3 is 9.31 Å². The SMILES string of the molecule is CC1(C)OB(c2cc([N+](=O)[O-])cc3c2CC(=O)C32CCC2)OC1(C)C. The number of Topliss-reactive ketones (excluding diaryl/α,β-unsaturated/α-hetero) is 1. The highest BCUT2D eigenvalue weighted by Crippen LogP contribution is 2.51. The molecule has 1 saturated heterocycles. The topological polar surface area (TPSA) is 78.7 Å². The van der Waals surface area contributed by atoms with Gasteiger partial charge in [-0.15, -0.1) is 0 Å². The third-order valence-corrected chi connectivity index (χ3v) is 6.58. The molecule has 0 radical (unpaired) electrons. The van der Waals surface area contributed by atoms with Crippen molar-refractivity contribution in [2.45, 2.75) is 70.0 Å². The monoisotopic (exact) mass is 343 g/mol. The second kappa shape index (κ2) is 4.92. The summed E-state index contributed by atoms with van der Waals surface area (Å²) in [5.74, 6) is 0.173. The fourth-order valence-corrected chi connectivity index (χ4v) is 4.15. The molecule has 4 rings (SSSR count). The molecule has 25 heavy (non-hydrogen) atoms. The third-order valence-electron chi connectivity index (χ3n) is 6.58. The van der Waals surface area contributed by atoms with Crippen molar-refractivity contribution in [2.24, 2.45) is 0 Å². The number of fused-ring (bicyclic) bond motifs is 2. The fourth-order valence-electron chi connectivity index (χ4n) is 4.15. The minimum Gasteiger partial charge on any atom is -0.399 e. The van der Waals surface area contributed by atoms with Gasteiger partial charge in [-0.25, -0.2) is 0 Å². The van der Waals surface area contributed by atoms with E-state index in [0.717, 1.165) is 30.4 Å². The van der Waals surface area contributed by atoms with Crippen LogP contribution in [0.5, 0.6) is 0 Å². The number of benzene rings is 1. The summed E-state index contributed by atoms with van der Waals surface area (Å²) in [4.78, 5) is 23.7. The van der Waals surface area contributed by atoms with E-state index < -0.39 is 28.7 Å². The Bertz CT molecular complexity index is 781. The van der Waals surface area contributed by atoms with Crippen LogP contribution in [0.2, 0.25) is 0 Å². The standard InChI is InChI=1S/C18H22BNO5/c1-16(2)17(3,4)25-19(24-16)14-9-11(20(22)23)8-13-12(14)10-15(21)18(13)6-5-7-18/h8-9H,5-7,10H2,1-4H3. The molecular weight excluding hydrogens is 321 g/mol. The Labute approximate surface area is 147 Å². The van der Waals surface area contributed by atoms with E-state index >= 15 is 0 Å². The van der Waals surface area contributed by atoms with E-state index in [0.29, 0.717) is 11.9 Å². The maximum atomic E-state index is 12.7. The van der Waals surface area contributed by atoms with E-state index in [4.69, 9.17) is 9.31 Å². The Morgan fingerprint density at radius 1 is 1.12 bits per heavy atom. The molecule has 1 saturated carbocycles. The number of ketones is 1. The molecule has 3 aliphatic rings. The Hall–Kier alpha value is -1.73. The van der Waals surface area contributed by atoms with Gasteiger partial charge in [0.1, 0.15) is 5.78 Å². The van der Waals surface area contributed by atoms with Gasteiger partial charge in [0.15, 0.2) is 0 Å². The zero-order chi connectivity index (χ0) is 18.2. The number of hydrogen-bond donors (Lipinski definition) is 0. The van der Waals surface area contributed by atoms with Crippen molar-refractivity contribution in [3.63, 3.8) is 0 Å². The molecule has 2 fully saturated rings. The molecule has 0 bridgehead atoms. The van der Waals surface area contributed by atoms with E-state index in [2.05, 4.69) is 0 Å². The predicted molar refractivity (Wildman–Crippen MR) is 93.1 cm³/mol. The van der Waals surface area contributed by atoms with Crippen molar-refractivity contribution in [2.75, 3.05) is 0 Å². The van der Waals surface area contributed by atoms with Gasteiger partial charge in [0, 0.05) is 18.6 Å². The summed E-state index contributed by atoms with van der Waals surface area (Å²) < 4.78 is 12.2. The maximum absolute atomic E-state index is 12.7. The quantitative estimate of drug-likeness (QED) is 0.468. The predicted octanol–water partition coefficient (Wildman–Crippen LogP) is 2.44. The molecule has 1 aliphatic heterocycles. The molecule has 0 aromatic heterocycles. The first kappa shape index (κ1) is 16.7. The Morgan fingerprint density at radius 2 is 1.72 bits per heavy atom. The van der Waals surface area contributed by atoms with Gasteiger partial charge in [-0.1, -0.05) is 6.42 Å². The molecule has 6 nitrogen and oxygen atoms in total. The highest BCUT2D eigenvalue weighted by molar-refractivity contribution is 6.63. The molecule has 7 heteroatoms. The Kier molecular flexibility index (Phi) is 3.29. The van der Waals surface area contributed by atoms with E-state index in [1.54, 1.807) is 6.07 Å². The summed E-state index contributed by atoms with van der Waals surface area (Å²) >= 11 is 0. The van der Waals surface area contributed by atoms with Gasteiger partial charge in [-0.05, 0) is 57.1 Å². The largest absolute Gasteiger partial charge is 0.495 e. The van der Waals surface area contributed by atoms with Crippen LogP contribution in [0.4, 0.5) is 5.69 Å². The second-order valence-corrected chi connectivity index (χ2v) is 8.44. The average molecular weight is 343 g/mol. The van der Waals surface area contributed by atoms with Crippen LogP contribution >= 0.6 is 0 Å². The molecule has 1 heterocycles. The van der Waals surface area contributed by atoms with Crippen LogP contribution in [-0.2, 0) is 25.9 Å². The third kappa shape index (κ3) is 2.15. The summed E-state index contributed by atoms with van der Waals surface area (Å²) in [6.07, 6.45) is 2.86. The molecular formula is C18H22BNO5. The molecule has 132 valence electrons. The number of nitro groups is 1. The van der Waals surface area contributed by atoms with Gasteiger partial charge in [-0.3, -0.25) is 14.9 Å². The number of nitrogens with zero attached hydrogens (tertiary/aromatic N) is 1. The zero-order valence-corrected chi connectivity index (χ0v) is 15.0. The minimum absolute atomic E-state index is 0.00411. The molecule has 0 unspecified atom stereocenters. The summed E-state index contributed by atoms with van der Waals surface area (Å²) in [7, 11) is -0.693. The smallest absolute Gasteiger partial charge is 0.399 e. The lowest BCUT2D eigenvalue weighted by Crippen LogP contribution is -2.41. The highest BCUT2D eigenvalue weighted by atomic mass is 16.7. The van der Waals surface area contributed by atoms with Gasteiger partial charge in [0.05, 0.1) is 21.5 Å². The molecule has 0 amide bonds. The van der Waals surface area contributed by atoms with Gasteiger partial charge in [0.2, 0.25) is 0 Å². The van der Waals surface area contributed by atoms with Crippen molar-refractivity contribution in [3.8, 4) is 0 Å². The van der Waals surface area contributed by atoms with Crippen LogP contribution < -0.4 is 5.46 Å². The highest BCUT2D eigenvalue weighted by Gasteiger charge is 2.56. The number of carbonyl (C=O) groups is 1. The van der Waals surface area contributed by atoms with Gasteiger partial charge in [-0.2, -0.15) is 0 Å². The summed E-state index contributed by atoms with van der Waals surface area (Å²) in [6, 6.07) is 3.11. The number of hydrogen-bond acceptors (Lipinski definition) is 5. The lowest BCUT2D eigenvalue weighted by molar-refractivity contribution is -0.384. The van der Waals surface area contributed by atoms with Crippen LogP contribution in [0, 0.1) is 10.1 Å². The van der Waals surface area contributed by atoms with E-state index in [9.17, 15) is 14.9 Å². The number of carbonyl (C=O) groups excluding carboxylic acids is 1. The van der Waals surface area contributed by atoms with Gasteiger partial charge >= 0.3 is 7.12 Å². The molecule has 0 N–H and O–H groups in total. The molecule has 1 aromatic rings. The fraction of sp³-hybridized carbons (Fsp3) is 0.611. The first-order chi connectivity index (χ1) is 11.6. The zero-order valence-electron chi connectivity index (χ0n) is 15.0. The lowest BCUT2D eigenvalue weighted by atomic mass is 9.63. The van der Waals surface area contributed by atoms with Crippen LogP contribution in [-0.4, -0.2) is 29.0 Å². The van der Waals surface area contributed by atoms with Crippen molar-refractivity contribution in [1.29, 1.82) is 0 Å². The van der Waals surface area contributed by atoms with Crippen LogP contribution in [0.15, 0.2) is 12.1 Å². The maximum Gasteiger partial charge on any atom is 0.495 e. The van der Waals surface area contributed by atoms with E-state index in [1.165, 1.54) is 6.07 Å². The lowest BCUT2D eigenvalue weighted by Gasteiger charge is -2.37. The first-order valence-corrected chi connectivity index (χ1v) is 8.78. The summed E-state index contributed by atoms with van der Waals surface area (Å²) in [5, 5.41) is 11.5. The van der Waals surface area contributed by atoms with Crippen molar-refractivity contribution >= 4 is 24.1 Å². The Morgan fingerprint density at radius 3 is 2.20 bits per heavy atom. The van der Waals surface area contributed by atoms with E-state index in [1.807, 2.05) is 27.7 Å². The van der Waals surface area contributed by atoms with Crippen molar-refractivity contribution in [1.82, 2.24) is 0 Å². The number of nitro benzene ring substituents is 1. The van der Waals surface area contributed by atoms with Crippen LogP contribution in [0.3, 0.4) is 0 Å². The normalized spacial score (nSPS) is 25.1. The molecule has 1 spiro atoms. The second-order valence-electron chi connectivity index (χ2n) is 8.44. The Balaban J connectivity index is 1.86. The van der Waals surface area contributed by atoms with Crippen molar-refractivity contribution < 1.29 is 19.0 Å². The molecule has 2 aliphatic carbocycles. The number of rotatable bonds is 2. The number of non-ortho nitro benzene ring substituents is 1. The minimum atomic E-state index is -0.693. The van der Waals surface area contributed by atoms with Crippen LogP contribution in [0.1, 0.15) is 58.1 Å². The molecule has 0 atom stereocenters. The van der Waals surface area contributed by atoms with E-state index in [-0.39, 0.29) is 11.5 Å². The summed E-state index contributed by atoms with van der Waals surface area (Å²) in [6.45, 7) is 7.79. The first-order valence-electron chi connectivity index (χ1n) is 8.78.